The summed E-state index contributed by atoms with van der Waals surface area (Å²) < 4.78 is 12.8. The summed E-state index contributed by atoms with van der Waals surface area (Å²) in [5.41, 5.74) is 1.29. The summed E-state index contributed by atoms with van der Waals surface area (Å²) in [7, 11) is 0. The average Bonchev–Trinajstić information content (AvgIpc) is 2.61. The van der Waals surface area contributed by atoms with Gasteiger partial charge in [0.1, 0.15) is 30.3 Å². The van der Waals surface area contributed by atoms with Crippen molar-refractivity contribution in [2.24, 2.45) is 0 Å². The second-order valence-electron chi connectivity index (χ2n) is 5.97. The first-order valence-corrected chi connectivity index (χ1v) is 9.30. The Kier molecular flexibility index (Phi) is 6.34. The molecule has 0 spiro atoms. The van der Waals surface area contributed by atoms with Gasteiger partial charge in [-0.25, -0.2) is 0 Å². The van der Waals surface area contributed by atoms with E-state index in [2.05, 4.69) is 40.0 Å². The summed E-state index contributed by atoms with van der Waals surface area (Å²) in [5.74, 6) is 1.76. The highest BCUT2D eigenvalue weighted by Gasteiger charge is 2.19. The van der Waals surface area contributed by atoms with Crippen LogP contribution in [0.4, 0.5) is 0 Å². The van der Waals surface area contributed by atoms with Crippen molar-refractivity contribution in [3.05, 3.63) is 57.7 Å². The van der Waals surface area contributed by atoms with Crippen LogP contribution in [-0.2, 0) is 6.42 Å². The van der Waals surface area contributed by atoms with Crippen LogP contribution in [0, 0.1) is 3.57 Å². The van der Waals surface area contributed by atoms with Gasteiger partial charge in [-0.15, -0.1) is 0 Å². The SMILES string of the molecule is O[C@@H](CNC[C@H]1CCc2cc(I)ccc2O1)COc1ccccc1. The Morgan fingerprint density at radius 1 is 1.25 bits per heavy atom. The minimum atomic E-state index is -0.539. The van der Waals surface area contributed by atoms with Gasteiger partial charge in [-0.1, -0.05) is 18.2 Å². The summed E-state index contributed by atoms with van der Waals surface area (Å²) in [5, 5.41) is 13.3. The average molecular weight is 439 g/mol. The van der Waals surface area contributed by atoms with Gasteiger partial charge in [0, 0.05) is 16.7 Å². The van der Waals surface area contributed by atoms with E-state index in [1.165, 1.54) is 9.13 Å². The highest BCUT2D eigenvalue weighted by molar-refractivity contribution is 14.1. The highest BCUT2D eigenvalue weighted by atomic mass is 127. The first-order valence-electron chi connectivity index (χ1n) is 8.22. The largest absolute Gasteiger partial charge is 0.491 e. The number of para-hydroxylation sites is 1. The molecule has 0 bridgehead atoms. The molecule has 0 aliphatic carbocycles. The third kappa shape index (κ3) is 5.09. The minimum Gasteiger partial charge on any atom is -0.491 e. The van der Waals surface area contributed by atoms with Crippen LogP contribution in [0.5, 0.6) is 11.5 Å². The zero-order valence-corrected chi connectivity index (χ0v) is 15.6. The van der Waals surface area contributed by atoms with Crippen LogP contribution in [0.3, 0.4) is 0 Å². The Hall–Kier alpha value is -1.31. The maximum Gasteiger partial charge on any atom is 0.123 e. The number of halogens is 1. The van der Waals surface area contributed by atoms with E-state index in [0.29, 0.717) is 6.54 Å². The molecule has 24 heavy (non-hydrogen) atoms. The predicted molar refractivity (Wildman–Crippen MR) is 103 cm³/mol. The van der Waals surface area contributed by atoms with E-state index < -0.39 is 6.10 Å². The lowest BCUT2D eigenvalue weighted by molar-refractivity contribution is 0.0998. The molecule has 0 unspecified atom stereocenters. The molecule has 1 aliphatic rings. The van der Waals surface area contributed by atoms with Crippen LogP contribution in [0.25, 0.3) is 0 Å². The van der Waals surface area contributed by atoms with Crippen molar-refractivity contribution in [1.29, 1.82) is 0 Å². The van der Waals surface area contributed by atoms with Crippen molar-refractivity contribution in [2.75, 3.05) is 19.7 Å². The summed E-state index contributed by atoms with van der Waals surface area (Å²) in [4.78, 5) is 0. The maximum atomic E-state index is 10.00. The fraction of sp³-hybridized carbons (Fsp3) is 0.368. The Balaban J connectivity index is 1.37. The van der Waals surface area contributed by atoms with Crippen molar-refractivity contribution in [1.82, 2.24) is 5.32 Å². The Morgan fingerprint density at radius 2 is 2.08 bits per heavy atom. The van der Waals surface area contributed by atoms with Gasteiger partial charge in [0.2, 0.25) is 0 Å². The molecule has 5 heteroatoms. The lowest BCUT2D eigenvalue weighted by atomic mass is 10.0. The number of rotatable bonds is 7. The van der Waals surface area contributed by atoms with Gasteiger partial charge in [0.15, 0.2) is 0 Å². The quantitative estimate of drug-likeness (QED) is 0.652. The first kappa shape index (κ1) is 17.5. The number of aliphatic hydroxyl groups is 1. The molecule has 128 valence electrons. The molecule has 3 rings (SSSR count). The monoisotopic (exact) mass is 439 g/mol. The van der Waals surface area contributed by atoms with E-state index in [1.54, 1.807) is 0 Å². The predicted octanol–water partition coefficient (Wildman–Crippen LogP) is 3.01. The normalized spacial score (nSPS) is 17.7. The smallest absolute Gasteiger partial charge is 0.123 e. The van der Waals surface area contributed by atoms with E-state index in [0.717, 1.165) is 30.9 Å². The van der Waals surface area contributed by atoms with E-state index in [9.17, 15) is 5.11 Å². The van der Waals surface area contributed by atoms with E-state index >= 15 is 0 Å². The number of hydrogen-bond donors (Lipinski definition) is 2. The van der Waals surface area contributed by atoms with Gasteiger partial charge < -0.3 is 19.9 Å². The summed E-state index contributed by atoms with van der Waals surface area (Å²) in [6.45, 7) is 1.50. The van der Waals surface area contributed by atoms with Crippen molar-refractivity contribution >= 4 is 22.6 Å². The van der Waals surface area contributed by atoms with Crippen LogP contribution in [0.15, 0.2) is 48.5 Å². The van der Waals surface area contributed by atoms with Crippen LogP contribution in [0.1, 0.15) is 12.0 Å². The Morgan fingerprint density at radius 3 is 2.92 bits per heavy atom. The summed E-state index contributed by atoms with van der Waals surface area (Å²) in [6, 6.07) is 15.8. The molecule has 2 aromatic rings. The highest BCUT2D eigenvalue weighted by Crippen LogP contribution is 2.28. The van der Waals surface area contributed by atoms with Gasteiger partial charge >= 0.3 is 0 Å². The summed E-state index contributed by atoms with van der Waals surface area (Å²) in [6.07, 6.45) is 1.65. The van der Waals surface area contributed by atoms with Crippen LogP contribution >= 0.6 is 22.6 Å². The third-order valence-electron chi connectivity index (χ3n) is 3.99. The second-order valence-corrected chi connectivity index (χ2v) is 7.21. The number of hydrogen-bond acceptors (Lipinski definition) is 4. The third-order valence-corrected chi connectivity index (χ3v) is 4.66. The molecule has 0 saturated heterocycles. The maximum absolute atomic E-state index is 10.00. The number of benzene rings is 2. The minimum absolute atomic E-state index is 0.153. The molecule has 0 aromatic heterocycles. The molecule has 0 radical (unpaired) electrons. The van der Waals surface area contributed by atoms with Crippen molar-refractivity contribution in [2.45, 2.75) is 25.0 Å². The molecule has 0 amide bonds. The van der Waals surface area contributed by atoms with Gasteiger partial charge in [-0.2, -0.15) is 0 Å². The Bertz CT molecular complexity index is 650. The zero-order chi connectivity index (χ0) is 16.8. The molecule has 1 aliphatic heterocycles. The molecular formula is C19H22INO3. The van der Waals surface area contributed by atoms with E-state index in [4.69, 9.17) is 9.47 Å². The van der Waals surface area contributed by atoms with E-state index in [-0.39, 0.29) is 12.7 Å². The number of ether oxygens (including phenoxy) is 2. The number of fused-ring (bicyclic) bond motifs is 1. The van der Waals surface area contributed by atoms with Crippen molar-refractivity contribution in [3.8, 4) is 11.5 Å². The van der Waals surface area contributed by atoms with Gasteiger partial charge in [0.05, 0.1) is 0 Å². The van der Waals surface area contributed by atoms with Crippen molar-refractivity contribution in [3.63, 3.8) is 0 Å². The van der Waals surface area contributed by atoms with Gasteiger partial charge in [0.25, 0.3) is 0 Å². The van der Waals surface area contributed by atoms with Crippen molar-refractivity contribution < 1.29 is 14.6 Å². The number of aliphatic hydroxyl groups excluding tert-OH is 1. The van der Waals surface area contributed by atoms with Crippen LogP contribution in [0.2, 0.25) is 0 Å². The van der Waals surface area contributed by atoms with Gasteiger partial charge in [-0.05, 0) is 71.3 Å². The first-order chi connectivity index (χ1) is 11.7. The second kappa shape index (κ2) is 8.69. The van der Waals surface area contributed by atoms with Crippen LogP contribution in [-0.4, -0.2) is 37.0 Å². The number of nitrogens with one attached hydrogen (secondary N) is 1. The zero-order valence-electron chi connectivity index (χ0n) is 13.5. The van der Waals surface area contributed by atoms with Gasteiger partial charge in [-0.3, -0.25) is 0 Å². The molecule has 2 aromatic carbocycles. The lowest BCUT2D eigenvalue weighted by Crippen LogP contribution is -2.39. The number of aryl methyl sites for hydroxylation is 1. The molecule has 2 N–H and O–H groups in total. The fourth-order valence-corrected chi connectivity index (χ4v) is 3.29. The molecular weight excluding hydrogens is 417 g/mol. The molecule has 4 nitrogen and oxygen atoms in total. The molecule has 2 atom stereocenters. The fourth-order valence-electron chi connectivity index (χ4n) is 2.74. The summed E-state index contributed by atoms with van der Waals surface area (Å²) >= 11 is 2.33. The topological polar surface area (TPSA) is 50.7 Å². The lowest BCUT2D eigenvalue weighted by Gasteiger charge is -2.27. The molecule has 1 heterocycles. The molecule has 0 fully saturated rings. The van der Waals surface area contributed by atoms with Crippen LogP contribution < -0.4 is 14.8 Å². The van der Waals surface area contributed by atoms with E-state index in [1.807, 2.05) is 36.4 Å². The Labute approximate surface area is 156 Å². The molecule has 0 saturated carbocycles. The standard InChI is InChI=1S/C19H22INO3/c20-15-7-9-19-14(10-15)6-8-18(24-19)12-21-11-16(22)13-23-17-4-2-1-3-5-17/h1-5,7,9-10,16,18,21-22H,6,8,11-13H2/t16-,18+/m0/s1.